The molecule has 3 N–H and O–H groups in total. The number of nitrogens with two attached hydrogens (primary N) is 1. The number of amides is 2. The molecule has 27 heavy (non-hydrogen) atoms. The fourth-order valence-electron chi connectivity index (χ4n) is 3.46. The van der Waals surface area contributed by atoms with Gasteiger partial charge in [-0.15, -0.1) is 0 Å². The van der Waals surface area contributed by atoms with Gasteiger partial charge in [-0.1, -0.05) is 42.5 Å². The summed E-state index contributed by atoms with van der Waals surface area (Å²) in [5, 5.41) is 8.13. The molecular formula is C20H25N3O3S. The molecule has 3 rings (SSSR count). The number of hydrogen-bond donors (Lipinski definition) is 2. The van der Waals surface area contributed by atoms with E-state index in [1.54, 1.807) is 12.1 Å². The van der Waals surface area contributed by atoms with Crippen LogP contribution in [0.25, 0.3) is 0 Å². The van der Waals surface area contributed by atoms with E-state index in [9.17, 15) is 13.2 Å². The van der Waals surface area contributed by atoms with Crippen LogP contribution in [0.15, 0.2) is 59.5 Å². The van der Waals surface area contributed by atoms with E-state index in [-0.39, 0.29) is 17.0 Å². The van der Waals surface area contributed by atoms with Crippen molar-refractivity contribution in [2.45, 2.75) is 36.6 Å². The number of sulfonamides is 1. The molecule has 0 aliphatic carbocycles. The van der Waals surface area contributed by atoms with Crippen LogP contribution in [0.4, 0.5) is 4.79 Å². The highest BCUT2D eigenvalue weighted by atomic mass is 32.2. The van der Waals surface area contributed by atoms with Gasteiger partial charge in [-0.25, -0.2) is 18.4 Å². The lowest BCUT2D eigenvalue weighted by Crippen LogP contribution is -2.44. The van der Waals surface area contributed by atoms with Crippen LogP contribution in [-0.4, -0.2) is 32.4 Å². The Bertz CT molecular complexity index is 892. The van der Waals surface area contributed by atoms with Gasteiger partial charge in [-0.05, 0) is 48.9 Å². The number of piperidine rings is 1. The van der Waals surface area contributed by atoms with Gasteiger partial charge in [0.2, 0.25) is 10.0 Å². The summed E-state index contributed by atoms with van der Waals surface area (Å²) in [5.74, 6) is 0.485. The predicted molar refractivity (Wildman–Crippen MR) is 105 cm³/mol. The second-order valence-electron chi connectivity index (χ2n) is 6.96. The van der Waals surface area contributed by atoms with E-state index < -0.39 is 10.0 Å². The molecule has 144 valence electrons. The van der Waals surface area contributed by atoms with Crippen molar-refractivity contribution in [3.63, 3.8) is 0 Å². The third kappa shape index (κ3) is 4.87. The highest BCUT2D eigenvalue weighted by Crippen LogP contribution is 2.28. The summed E-state index contributed by atoms with van der Waals surface area (Å²) in [6, 6.07) is 16.3. The zero-order chi connectivity index (χ0) is 19.4. The third-order valence-corrected chi connectivity index (χ3v) is 5.99. The first-order valence-electron chi connectivity index (χ1n) is 9.08. The highest BCUT2D eigenvalue weighted by Gasteiger charge is 2.24. The zero-order valence-electron chi connectivity index (χ0n) is 15.3. The first-order valence-corrected chi connectivity index (χ1v) is 10.6. The van der Waals surface area contributed by atoms with E-state index in [2.05, 4.69) is 17.4 Å². The summed E-state index contributed by atoms with van der Waals surface area (Å²) in [6.45, 7) is 3.24. The molecular weight excluding hydrogens is 362 g/mol. The van der Waals surface area contributed by atoms with Crippen LogP contribution in [0, 0.1) is 0 Å². The quantitative estimate of drug-likeness (QED) is 0.845. The summed E-state index contributed by atoms with van der Waals surface area (Å²) in [7, 11) is -3.76. The lowest BCUT2D eigenvalue weighted by Gasteiger charge is -2.33. The Kier molecular flexibility index (Phi) is 5.82. The van der Waals surface area contributed by atoms with Crippen LogP contribution in [0.1, 0.15) is 42.9 Å². The van der Waals surface area contributed by atoms with E-state index in [1.165, 1.54) is 17.7 Å². The van der Waals surface area contributed by atoms with Gasteiger partial charge >= 0.3 is 6.03 Å². The lowest BCUT2D eigenvalue weighted by atomic mass is 9.90. The van der Waals surface area contributed by atoms with Crippen molar-refractivity contribution < 1.29 is 13.2 Å². The minimum Gasteiger partial charge on any atom is -0.331 e. The zero-order valence-corrected chi connectivity index (χ0v) is 16.2. The van der Waals surface area contributed by atoms with Gasteiger partial charge in [0.05, 0.1) is 10.9 Å². The van der Waals surface area contributed by atoms with Gasteiger partial charge in [-0.3, -0.25) is 0 Å². The highest BCUT2D eigenvalue weighted by molar-refractivity contribution is 7.89. The summed E-state index contributed by atoms with van der Waals surface area (Å²) in [6.07, 6.45) is 1.87. The van der Waals surface area contributed by atoms with Gasteiger partial charge in [0.1, 0.15) is 0 Å². The van der Waals surface area contributed by atoms with Crippen molar-refractivity contribution in [2.75, 3.05) is 13.1 Å². The Labute approximate surface area is 160 Å². The molecule has 6 nitrogen and oxygen atoms in total. The van der Waals surface area contributed by atoms with Gasteiger partial charge in [0.25, 0.3) is 0 Å². The third-order valence-electron chi connectivity index (χ3n) is 5.08. The molecule has 1 heterocycles. The topological polar surface area (TPSA) is 92.5 Å². The Morgan fingerprint density at radius 3 is 2.41 bits per heavy atom. The maximum Gasteiger partial charge on any atom is 0.317 e. The number of carbonyl (C=O) groups is 1. The van der Waals surface area contributed by atoms with E-state index in [4.69, 9.17) is 5.14 Å². The van der Waals surface area contributed by atoms with Crippen molar-refractivity contribution in [1.29, 1.82) is 0 Å². The van der Waals surface area contributed by atoms with Crippen LogP contribution >= 0.6 is 0 Å². The Morgan fingerprint density at radius 2 is 1.78 bits per heavy atom. The molecule has 0 aromatic heterocycles. The molecule has 1 aliphatic rings. The number of likely N-dealkylation sites (tertiary alicyclic amines) is 1. The van der Waals surface area contributed by atoms with Crippen molar-refractivity contribution >= 4 is 16.1 Å². The van der Waals surface area contributed by atoms with E-state index in [1.807, 2.05) is 30.0 Å². The molecule has 7 heteroatoms. The molecule has 1 fully saturated rings. The molecule has 1 atom stereocenters. The van der Waals surface area contributed by atoms with Crippen molar-refractivity contribution in [2.24, 2.45) is 5.14 Å². The van der Waals surface area contributed by atoms with Crippen LogP contribution < -0.4 is 10.5 Å². The number of rotatable bonds is 4. The maximum absolute atomic E-state index is 12.6. The molecule has 2 aromatic rings. The second-order valence-corrected chi connectivity index (χ2v) is 8.52. The molecule has 1 saturated heterocycles. The number of nitrogens with one attached hydrogen (secondary N) is 1. The standard InChI is InChI=1S/C20H25N3O3S/c1-15(18-8-5-9-19(14-18)27(21,25)26)22-20(24)23-12-10-17(11-13-23)16-6-3-2-4-7-16/h2-9,14-15,17H,10-13H2,1H3,(H,22,24)(H2,21,25,26)/t15-/m1/s1. The average Bonchev–Trinajstić information content (AvgIpc) is 2.68. The number of benzene rings is 2. The van der Waals surface area contributed by atoms with Crippen LogP contribution in [0.3, 0.4) is 0 Å². The Hall–Kier alpha value is -2.38. The predicted octanol–water partition coefficient (Wildman–Crippen LogP) is 2.98. The second kappa shape index (κ2) is 8.10. The van der Waals surface area contributed by atoms with Gasteiger partial charge in [0, 0.05) is 13.1 Å². The van der Waals surface area contributed by atoms with E-state index >= 15 is 0 Å². The molecule has 0 bridgehead atoms. The monoisotopic (exact) mass is 387 g/mol. The summed E-state index contributed by atoms with van der Waals surface area (Å²) in [5.41, 5.74) is 2.03. The number of primary sulfonamides is 1. The van der Waals surface area contributed by atoms with E-state index in [0.717, 1.165) is 12.8 Å². The first kappa shape index (κ1) is 19.4. The largest absolute Gasteiger partial charge is 0.331 e. The van der Waals surface area contributed by atoms with Crippen molar-refractivity contribution in [3.8, 4) is 0 Å². The molecule has 1 aliphatic heterocycles. The average molecular weight is 388 g/mol. The maximum atomic E-state index is 12.6. The van der Waals surface area contributed by atoms with Gasteiger partial charge < -0.3 is 10.2 Å². The number of urea groups is 1. The minimum atomic E-state index is -3.76. The van der Waals surface area contributed by atoms with Crippen LogP contribution in [-0.2, 0) is 10.0 Å². The molecule has 0 spiro atoms. The number of carbonyl (C=O) groups excluding carboxylic acids is 1. The fraction of sp³-hybridized carbons (Fsp3) is 0.350. The minimum absolute atomic E-state index is 0.0461. The van der Waals surface area contributed by atoms with Gasteiger partial charge in [0.15, 0.2) is 0 Å². The smallest absolute Gasteiger partial charge is 0.317 e. The molecule has 0 saturated carbocycles. The Balaban J connectivity index is 1.58. The van der Waals surface area contributed by atoms with Crippen LogP contribution in [0.2, 0.25) is 0 Å². The molecule has 2 amide bonds. The molecule has 2 aromatic carbocycles. The SMILES string of the molecule is C[C@@H](NC(=O)N1CCC(c2ccccc2)CC1)c1cccc(S(N)(=O)=O)c1. The van der Waals surface area contributed by atoms with Crippen molar-refractivity contribution in [1.82, 2.24) is 10.2 Å². The van der Waals surface area contributed by atoms with Crippen molar-refractivity contribution in [3.05, 3.63) is 65.7 Å². The normalized spacial score (nSPS) is 16.7. The van der Waals surface area contributed by atoms with Gasteiger partial charge in [-0.2, -0.15) is 0 Å². The summed E-state index contributed by atoms with van der Waals surface area (Å²) in [4.78, 5) is 14.4. The Morgan fingerprint density at radius 1 is 1.11 bits per heavy atom. The lowest BCUT2D eigenvalue weighted by molar-refractivity contribution is 0.178. The molecule has 0 radical (unpaired) electrons. The molecule has 0 unspecified atom stereocenters. The summed E-state index contributed by atoms with van der Waals surface area (Å²) < 4.78 is 23.0. The number of nitrogens with zero attached hydrogens (tertiary/aromatic N) is 1. The van der Waals surface area contributed by atoms with Crippen LogP contribution in [0.5, 0.6) is 0 Å². The first-order chi connectivity index (χ1) is 12.8. The fourth-order valence-corrected chi connectivity index (χ4v) is 4.03. The van der Waals surface area contributed by atoms with E-state index in [0.29, 0.717) is 24.6 Å². The number of hydrogen-bond acceptors (Lipinski definition) is 3. The summed E-state index contributed by atoms with van der Waals surface area (Å²) >= 11 is 0.